The van der Waals surface area contributed by atoms with Gasteiger partial charge in [-0.15, -0.1) is 11.3 Å². The van der Waals surface area contributed by atoms with Gasteiger partial charge >= 0.3 is 0 Å². The number of pyridine rings is 1. The van der Waals surface area contributed by atoms with Crippen molar-refractivity contribution in [1.29, 1.82) is 0 Å². The summed E-state index contributed by atoms with van der Waals surface area (Å²) in [7, 11) is 0. The predicted molar refractivity (Wildman–Crippen MR) is 90.4 cm³/mol. The molecule has 3 aromatic rings. The van der Waals surface area contributed by atoms with Crippen molar-refractivity contribution >= 4 is 38.2 Å². The standard InChI is InChI=1S/C16H14BrN3S/c17-13-7-10-3-1-2-4-14(10)20-15(13)16-19-9-12(21-16)8-18-11-5-6-11/h1-4,7,9,11,18H,5-6,8H2. The lowest BCUT2D eigenvalue weighted by Crippen LogP contribution is -2.14. The van der Waals surface area contributed by atoms with Crippen LogP contribution in [0.2, 0.25) is 0 Å². The zero-order valence-corrected chi connectivity index (χ0v) is 13.7. The van der Waals surface area contributed by atoms with Crippen molar-refractivity contribution in [2.45, 2.75) is 25.4 Å². The maximum atomic E-state index is 4.75. The predicted octanol–water partition coefficient (Wildman–Crippen LogP) is 4.37. The van der Waals surface area contributed by atoms with Gasteiger partial charge in [-0.3, -0.25) is 0 Å². The maximum absolute atomic E-state index is 4.75. The quantitative estimate of drug-likeness (QED) is 0.751. The second-order valence-electron chi connectivity index (χ2n) is 5.30. The summed E-state index contributed by atoms with van der Waals surface area (Å²) in [4.78, 5) is 10.5. The van der Waals surface area contributed by atoms with E-state index in [9.17, 15) is 0 Å². The van der Waals surface area contributed by atoms with Crippen LogP contribution in [-0.2, 0) is 6.54 Å². The van der Waals surface area contributed by atoms with Crippen LogP contribution in [0, 0.1) is 0 Å². The second-order valence-corrected chi connectivity index (χ2v) is 7.27. The fourth-order valence-corrected chi connectivity index (χ4v) is 3.79. The Labute approximate surface area is 135 Å². The Morgan fingerprint density at radius 1 is 1.29 bits per heavy atom. The number of aromatic nitrogens is 2. The average Bonchev–Trinajstić information content (AvgIpc) is 3.21. The van der Waals surface area contributed by atoms with E-state index in [1.54, 1.807) is 11.3 Å². The molecule has 0 unspecified atom stereocenters. The molecule has 1 aromatic carbocycles. The molecule has 4 rings (SSSR count). The fourth-order valence-electron chi connectivity index (χ4n) is 2.27. The molecule has 1 fully saturated rings. The highest BCUT2D eigenvalue weighted by Gasteiger charge is 2.20. The number of para-hydroxylation sites is 1. The summed E-state index contributed by atoms with van der Waals surface area (Å²) in [5, 5.41) is 5.63. The first-order chi connectivity index (χ1) is 10.3. The molecular weight excluding hydrogens is 346 g/mol. The molecule has 3 nitrogen and oxygen atoms in total. The average molecular weight is 360 g/mol. The molecule has 0 radical (unpaired) electrons. The van der Waals surface area contributed by atoms with Crippen molar-refractivity contribution in [1.82, 2.24) is 15.3 Å². The first-order valence-electron chi connectivity index (χ1n) is 7.03. The van der Waals surface area contributed by atoms with Crippen molar-refractivity contribution in [3.05, 3.63) is 45.9 Å². The Morgan fingerprint density at radius 3 is 3.00 bits per heavy atom. The third kappa shape index (κ3) is 2.86. The molecule has 106 valence electrons. The second kappa shape index (κ2) is 5.48. The van der Waals surface area contributed by atoms with Gasteiger partial charge in [-0.05, 0) is 40.9 Å². The van der Waals surface area contributed by atoms with E-state index >= 15 is 0 Å². The van der Waals surface area contributed by atoms with Gasteiger partial charge in [-0.25, -0.2) is 9.97 Å². The highest BCUT2D eigenvalue weighted by atomic mass is 79.9. The van der Waals surface area contributed by atoms with Crippen LogP contribution < -0.4 is 5.32 Å². The molecule has 5 heteroatoms. The summed E-state index contributed by atoms with van der Waals surface area (Å²) >= 11 is 5.34. The minimum Gasteiger partial charge on any atom is -0.309 e. The molecule has 21 heavy (non-hydrogen) atoms. The summed E-state index contributed by atoms with van der Waals surface area (Å²) in [6.07, 6.45) is 4.57. The third-order valence-corrected chi connectivity index (χ3v) is 5.18. The number of rotatable bonds is 4. The molecule has 2 aromatic heterocycles. The number of hydrogen-bond acceptors (Lipinski definition) is 4. The van der Waals surface area contributed by atoms with Gasteiger partial charge in [0.15, 0.2) is 0 Å². The molecule has 2 heterocycles. The van der Waals surface area contributed by atoms with E-state index < -0.39 is 0 Å². The number of halogens is 1. The van der Waals surface area contributed by atoms with E-state index in [4.69, 9.17) is 4.98 Å². The summed E-state index contributed by atoms with van der Waals surface area (Å²) in [5.41, 5.74) is 1.93. The highest BCUT2D eigenvalue weighted by molar-refractivity contribution is 9.10. The zero-order valence-electron chi connectivity index (χ0n) is 11.3. The number of fused-ring (bicyclic) bond motifs is 1. The Hall–Kier alpha value is -1.30. The van der Waals surface area contributed by atoms with Crippen molar-refractivity contribution in [3.8, 4) is 10.7 Å². The number of benzene rings is 1. The molecular formula is C16H14BrN3S. The summed E-state index contributed by atoms with van der Waals surface area (Å²) < 4.78 is 0.997. The summed E-state index contributed by atoms with van der Waals surface area (Å²) in [6.45, 7) is 0.910. The van der Waals surface area contributed by atoms with Gasteiger partial charge in [0.2, 0.25) is 0 Å². The smallest absolute Gasteiger partial charge is 0.143 e. The minimum absolute atomic E-state index is 0.723. The fraction of sp³-hybridized carbons (Fsp3) is 0.250. The lowest BCUT2D eigenvalue weighted by atomic mass is 10.2. The van der Waals surface area contributed by atoms with E-state index in [2.05, 4.69) is 38.4 Å². The number of hydrogen-bond donors (Lipinski definition) is 1. The van der Waals surface area contributed by atoms with Crippen LogP contribution in [0.4, 0.5) is 0 Å². The number of nitrogens with one attached hydrogen (secondary N) is 1. The number of thiazole rings is 1. The maximum Gasteiger partial charge on any atom is 0.143 e. The normalized spacial score (nSPS) is 14.7. The first kappa shape index (κ1) is 13.4. The highest BCUT2D eigenvalue weighted by Crippen LogP contribution is 2.32. The molecule has 0 atom stereocenters. The molecule has 0 spiro atoms. The van der Waals surface area contributed by atoms with Crippen molar-refractivity contribution in [2.24, 2.45) is 0 Å². The van der Waals surface area contributed by atoms with E-state index in [0.717, 1.165) is 38.7 Å². The molecule has 1 aliphatic rings. The summed E-state index contributed by atoms with van der Waals surface area (Å²) in [5.74, 6) is 0. The van der Waals surface area contributed by atoms with Crippen LogP contribution in [0.3, 0.4) is 0 Å². The van der Waals surface area contributed by atoms with E-state index in [1.807, 2.05) is 24.4 Å². The molecule has 0 amide bonds. The van der Waals surface area contributed by atoms with Crippen LogP contribution in [-0.4, -0.2) is 16.0 Å². The van der Waals surface area contributed by atoms with Crippen molar-refractivity contribution in [3.63, 3.8) is 0 Å². The van der Waals surface area contributed by atoms with Crippen LogP contribution in [0.5, 0.6) is 0 Å². The van der Waals surface area contributed by atoms with Crippen molar-refractivity contribution < 1.29 is 0 Å². The first-order valence-corrected chi connectivity index (χ1v) is 8.64. The van der Waals surface area contributed by atoms with Gasteiger partial charge < -0.3 is 5.32 Å². The largest absolute Gasteiger partial charge is 0.309 e. The number of nitrogens with zero attached hydrogens (tertiary/aromatic N) is 2. The lowest BCUT2D eigenvalue weighted by molar-refractivity contribution is 0.694. The topological polar surface area (TPSA) is 37.8 Å². The Bertz CT molecular complexity index is 795. The van der Waals surface area contributed by atoms with Gasteiger partial charge in [0.05, 0.1) is 5.52 Å². The van der Waals surface area contributed by atoms with E-state index in [0.29, 0.717) is 0 Å². The molecule has 1 saturated carbocycles. The molecule has 0 aliphatic heterocycles. The van der Waals surface area contributed by atoms with E-state index in [-0.39, 0.29) is 0 Å². The van der Waals surface area contributed by atoms with Gasteiger partial charge in [-0.1, -0.05) is 18.2 Å². The minimum atomic E-state index is 0.723. The van der Waals surface area contributed by atoms with Crippen LogP contribution in [0.1, 0.15) is 17.7 Å². The van der Waals surface area contributed by atoms with E-state index in [1.165, 1.54) is 17.7 Å². The summed E-state index contributed by atoms with van der Waals surface area (Å²) in [6, 6.07) is 11.0. The molecule has 1 N–H and O–H groups in total. The van der Waals surface area contributed by atoms with Gasteiger partial charge in [0, 0.05) is 33.5 Å². The Balaban J connectivity index is 1.66. The van der Waals surface area contributed by atoms with Gasteiger partial charge in [0.1, 0.15) is 10.7 Å². The lowest BCUT2D eigenvalue weighted by Gasteiger charge is -2.03. The SMILES string of the molecule is Brc1cc2ccccc2nc1-c1ncc(CNC2CC2)s1. The third-order valence-electron chi connectivity index (χ3n) is 3.58. The van der Waals surface area contributed by atoms with Gasteiger partial charge in [-0.2, -0.15) is 0 Å². The Kier molecular flexibility index (Phi) is 3.49. The van der Waals surface area contributed by atoms with Crippen LogP contribution in [0.25, 0.3) is 21.6 Å². The van der Waals surface area contributed by atoms with Crippen molar-refractivity contribution in [2.75, 3.05) is 0 Å². The van der Waals surface area contributed by atoms with Crippen LogP contribution in [0.15, 0.2) is 41.0 Å². The van der Waals surface area contributed by atoms with Gasteiger partial charge in [0.25, 0.3) is 0 Å². The van der Waals surface area contributed by atoms with Crippen LogP contribution >= 0.6 is 27.3 Å². The monoisotopic (exact) mass is 359 g/mol. The molecule has 1 aliphatic carbocycles. The molecule has 0 saturated heterocycles. The Morgan fingerprint density at radius 2 is 2.14 bits per heavy atom. The zero-order chi connectivity index (χ0) is 14.2. The molecule has 0 bridgehead atoms.